The Bertz CT molecular complexity index is 471. The highest BCUT2D eigenvalue weighted by Crippen LogP contribution is 2.23. The first-order valence-electron chi connectivity index (χ1n) is 5.14. The molecule has 1 aromatic heterocycles. The first kappa shape index (κ1) is 12.1. The first-order valence-corrected chi connectivity index (χ1v) is 5.93. The number of nitrogens with zero attached hydrogens (tertiary/aromatic N) is 3. The maximum atomic E-state index is 12.1. The molecule has 1 atom stereocenters. The van der Waals surface area contributed by atoms with E-state index in [1.807, 2.05) is 6.92 Å². The number of rotatable bonds is 2. The molecule has 0 saturated heterocycles. The molecular weight excluding hydrogens is 290 g/mol. The van der Waals surface area contributed by atoms with Crippen LogP contribution in [0.4, 0.5) is 0 Å². The molecule has 0 spiro atoms. The summed E-state index contributed by atoms with van der Waals surface area (Å²) in [5, 5.41) is 4.19. The summed E-state index contributed by atoms with van der Waals surface area (Å²) < 4.78 is 6.85. The molecule has 1 aliphatic heterocycles. The maximum absolute atomic E-state index is 12.1. The monoisotopic (exact) mass is 301 g/mol. The lowest BCUT2D eigenvalue weighted by molar-refractivity contribution is -0.141. The summed E-state index contributed by atoms with van der Waals surface area (Å²) in [6, 6.07) is 1.70. The highest BCUT2D eigenvalue weighted by Gasteiger charge is 2.31. The molecule has 92 valence electrons. The molecule has 0 aromatic carbocycles. The van der Waals surface area contributed by atoms with Crippen molar-refractivity contribution in [3.63, 3.8) is 0 Å². The summed E-state index contributed by atoms with van der Waals surface area (Å²) in [5.41, 5.74) is 0.486. The number of hydrogen-bond donors (Lipinski definition) is 0. The average molecular weight is 302 g/mol. The van der Waals surface area contributed by atoms with Gasteiger partial charge in [-0.05, 0) is 22.9 Å². The van der Waals surface area contributed by atoms with E-state index in [1.165, 1.54) is 12.0 Å². The molecule has 17 heavy (non-hydrogen) atoms. The minimum absolute atomic E-state index is 0.0253. The highest BCUT2D eigenvalue weighted by molar-refractivity contribution is 9.10. The van der Waals surface area contributed by atoms with E-state index < -0.39 is 5.97 Å². The van der Waals surface area contributed by atoms with Gasteiger partial charge >= 0.3 is 5.97 Å². The van der Waals surface area contributed by atoms with Crippen LogP contribution >= 0.6 is 15.9 Å². The average Bonchev–Trinajstić information content (AvgIpc) is 2.68. The fraction of sp³-hybridized carbons (Fsp3) is 0.500. The predicted molar refractivity (Wildman–Crippen MR) is 62.6 cm³/mol. The van der Waals surface area contributed by atoms with Crippen LogP contribution in [0.3, 0.4) is 0 Å². The SMILES string of the molecule is COC(=O)CN1C[C@H](C)n2nc(Br)cc2C1=O. The fourth-order valence-electron chi connectivity index (χ4n) is 1.86. The van der Waals surface area contributed by atoms with E-state index in [4.69, 9.17) is 0 Å². The number of halogens is 1. The Balaban J connectivity index is 2.26. The van der Waals surface area contributed by atoms with Crippen molar-refractivity contribution in [2.45, 2.75) is 13.0 Å². The number of ether oxygens (including phenoxy) is 1. The zero-order chi connectivity index (χ0) is 12.6. The molecule has 0 N–H and O–H groups in total. The number of amides is 1. The lowest BCUT2D eigenvalue weighted by atomic mass is 10.2. The quantitative estimate of drug-likeness (QED) is 0.759. The van der Waals surface area contributed by atoms with Crippen molar-refractivity contribution >= 4 is 27.8 Å². The summed E-state index contributed by atoms with van der Waals surface area (Å²) in [4.78, 5) is 24.7. The van der Waals surface area contributed by atoms with Gasteiger partial charge in [-0.25, -0.2) is 0 Å². The van der Waals surface area contributed by atoms with Gasteiger partial charge in [-0.1, -0.05) is 0 Å². The number of carbonyl (C=O) groups is 2. The van der Waals surface area contributed by atoms with Crippen LogP contribution in [0, 0.1) is 0 Å². The van der Waals surface area contributed by atoms with Gasteiger partial charge in [-0.15, -0.1) is 0 Å². The van der Waals surface area contributed by atoms with E-state index in [0.29, 0.717) is 16.8 Å². The third-order valence-electron chi connectivity index (χ3n) is 2.66. The summed E-state index contributed by atoms with van der Waals surface area (Å²) >= 11 is 3.24. The topological polar surface area (TPSA) is 64.4 Å². The fourth-order valence-corrected chi connectivity index (χ4v) is 2.25. The number of carbonyl (C=O) groups excluding carboxylic acids is 2. The van der Waals surface area contributed by atoms with Crippen molar-refractivity contribution in [3.05, 3.63) is 16.4 Å². The largest absolute Gasteiger partial charge is 0.468 e. The number of esters is 1. The lowest BCUT2D eigenvalue weighted by Crippen LogP contribution is -2.45. The Morgan fingerprint density at radius 3 is 3.06 bits per heavy atom. The minimum atomic E-state index is -0.419. The molecule has 2 rings (SSSR count). The molecule has 0 radical (unpaired) electrons. The molecule has 0 fully saturated rings. The van der Waals surface area contributed by atoms with Crippen molar-refractivity contribution in [3.8, 4) is 0 Å². The second kappa shape index (κ2) is 4.48. The Labute approximate surface area is 107 Å². The molecule has 2 heterocycles. The van der Waals surface area contributed by atoms with E-state index in [-0.39, 0.29) is 18.5 Å². The summed E-state index contributed by atoms with van der Waals surface area (Å²) in [5.74, 6) is -0.621. The summed E-state index contributed by atoms with van der Waals surface area (Å²) in [7, 11) is 1.31. The normalized spacial score (nSPS) is 19.1. The Morgan fingerprint density at radius 2 is 2.41 bits per heavy atom. The third kappa shape index (κ3) is 2.19. The molecule has 1 aromatic rings. The summed E-state index contributed by atoms with van der Waals surface area (Å²) in [6.07, 6.45) is 0. The molecule has 6 nitrogen and oxygen atoms in total. The van der Waals surface area contributed by atoms with E-state index in [2.05, 4.69) is 25.8 Å². The molecule has 0 unspecified atom stereocenters. The smallest absolute Gasteiger partial charge is 0.325 e. The van der Waals surface area contributed by atoms with Gasteiger partial charge in [-0.3, -0.25) is 14.3 Å². The third-order valence-corrected chi connectivity index (χ3v) is 3.05. The lowest BCUT2D eigenvalue weighted by Gasteiger charge is -2.30. The van der Waals surface area contributed by atoms with Gasteiger partial charge in [0.2, 0.25) is 0 Å². The zero-order valence-corrected chi connectivity index (χ0v) is 11.1. The van der Waals surface area contributed by atoms with E-state index >= 15 is 0 Å². The first-order chi connectivity index (χ1) is 8.02. The highest BCUT2D eigenvalue weighted by atomic mass is 79.9. The van der Waals surface area contributed by atoms with Gasteiger partial charge in [-0.2, -0.15) is 5.10 Å². The molecule has 0 aliphatic carbocycles. The standard InChI is InChI=1S/C10H12BrN3O3/c1-6-4-13(5-9(15)17-2)10(16)7-3-8(11)12-14(6)7/h3,6H,4-5H2,1-2H3/t6-/m0/s1. The zero-order valence-electron chi connectivity index (χ0n) is 9.51. The van der Waals surface area contributed by atoms with Gasteiger partial charge in [0.1, 0.15) is 16.8 Å². The van der Waals surface area contributed by atoms with Gasteiger partial charge < -0.3 is 9.64 Å². The van der Waals surface area contributed by atoms with E-state index in [9.17, 15) is 9.59 Å². The molecule has 7 heteroatoms. The number of fused-ring (bicyclic) bond motifs is 1. The second-order valence-corrected chi connectivity index (χ2v) is 4.72. The van der Waals surface area contributed by atoms with Crippen LogP contribution in [0.25, 0.3) is 0 Å². The minimum Gasteiger partial charge on any atom is -0.468 e. The predicted octanol–water partition coefficient (Wildman–Crippen LogP) is 0.835. The second-order valence-electron chi connectivity index (χ2n) is 3.91. The van der Waals surface area contributed by atoms with Gasteiger partial charge in [0.15, 0.2) is 0 Å². The molecular formula is C10H12BrN3O3. The molecule has 1 aliphatic rings. The number of aromatic nitrogens is 2. The van der Waals surface area contributed by atoms with Gasteiger partial charge in [0.25, 0.3) is 5.91 Å². The Morgan fingerprint density at radius 1 is 1.71 bits per heavy atom. The molecule has 0 bridgehead atoms. The summed E-state index contributed by atoms with van der Waals surface area (Å²) in [6.45, 7) is 2.37. The van der Waals surface area contributed by atoms with Gasteiger partial charge in [0, 0.05) is 12.6 Å². The van der Waals surface area contributed by atoms with Crippen LogP contribution in [-0.2, 0) is 9.53 Å². The van der Waals surface area contributed by atoms with Crippen LogP contribution in [0.5, 0.6) is 0 Å². The van der Waals surface area contributed by atoms with Crippen molar-refractivity contribution in [1.82, 2.24) is 14.7 Å². The van der Waals surface area contributed by atoms with Crippen LogP contribution in [0.15, 0.2) is 10.7 Å². The van der Waals surface area contributed by atoms with Crippen molar-refractivity contribution in [1.29, 1.82) is 0 Å². The molecule has 0 saturated carbocycles. The van der Waals surface area contributed by atoms with Crippen LogP contribution in [-0.4, -0.2) is 46.8 Å². The molecule has 1 amide bonds. The van der Waals surface area contributed by atoms with Crippen molar-refractivity contribution < 1.29 is 14.3 Å². The van der Waals surface area contributed by atoms with Gasteiger partial charge in [0.05, 0.1) is 13.2 Å². The van der Waals surface area contributed by atoms with Crippen LogP contribution in [0.2, 0.25) is 0 Å². The van der Waals surface area contributed by atoms with Crippen LogP contribution in [0.1, 0.15) is 23.5 Å². The van der Waals surface area contributed by atoms with E-state index in [1.54, 1.807) is 10.7 Å². The van der Waals surface area contributed by atoms with Crippen molar-refractivity contribution in [2.75, 3.05) is 20.2 Å². The van der Waals surface area contributed by atoms with Crippen LogP contribution < -0.4 is 0 Å². The van der Waals surface area contributed by atoms with Crippen molar-refractivity contribution in [2.24, 2.45) is 0 Å². The Kier molecular flexibility index (Phi) is 3.19. The Hall–Kier alpha value is -1.37. The van der Waals surface area contributed by atoms with E-state index in [0.717, 1.165) is 0 Å². The maximum Gasteiger partial charge on any atom is 0.325 e. The number of methoxy groups -OCH3 is 1. The number of hydrogen-bond acceptors (Lipinski definition) is 4.